The summed E-state index contributed by atoms with van der Waals surface area (Å²) >= 11 is 3.33. The number of hydrogen-bond donors (Lipinski definition) is 2. The van der Waals surface area contributed by atoms with E-state index in [-0.39, 0.29) is 12.5 Å². The number of carbonyl (C=O) groups excluding carboxylic acids is 1. The topological polar surface area (TPSA) is 88.1 Å². The molecular formula is C15H12BrN3O2. The van der Waals surface area contributed by atoms with Gasteiger partial charge < -0.3 is 15.8 Å². The van der Waals surface area contributed by atoms with Gasteiger partial charge in [-0.3, -0.25) is 4.79 Å². The molecule has 0 bridgehead atoms. The Kier molecular flexibility index (Phi) is 4.80. The van der Waals surface area contributed by atoms with Gasteiger partial charge in [-0.05, 0) is 36.4 Å². The molecular weight excluding hydrogens is 334 g/mol. The van der Waals surface area contributed by atoms with Gasteiger partial charge in [0.15, 0.2) is 6.61 Å². The minimum Gasteiger partial charge on any atom is -0.482 e. The fraction of sp³-hybridized carbons (Fsp3) is 0.0667. The molecule has 2 aromatic rings. The monoisotopic (exact) mass is 345 g/mol. The average molecular weight is 346 g/mol. The first kappa shape index (κ1) is 14.9. The molecule has 0 saturated heterocycles. The van der Waals surface area contributed by atoms with Crippen LogP contribution in [0, 0.1) is 11.3 Å². The summed E-state index contributed by atoms with van der Waals surface area (Å²) < 4.78 is 6.22. The van der Waals surface area contributed by atoms with Crippen LogP contribution < -0.4 is 15.8 Å². The Labute approximate surface area is 130 Å². The van der Waals surface area contributed by atoms with Crippen LogP contribution >= 0.6 is 15.9 Å². The lowest BCUT2D eigenvalue weighted by molar-refractivity contribution is -0.118. The molecule has 2 aromatic carbocycles. The Hall–Kier alpha value is -2.52. The molecule has 0 fully saturated rings. The van der Waals surface area contributed by atoms with Gasteiger partial charge in [0.25, 0.3) is 5.91 Å². The maximum atomic E-state index is 11.8. The highest BCUT2D eigenvalue weighted by Gasteiger charge is 2.07. The number of amides is 1. The zero-order valence-electron chi connectivity index (χ0n) is 11.0. The molecule has 5 nitrogen and oxygen atoms in total. The highest BCUT2D eigenvalue weighted by molar-refractivity contribution is 9.10. The summed E-state index contributed by atoms with van der Waals surface area (Å²) in [6.45, 7) is -0.164. The van der Waals surface area contributed by atoms with Crippen molar-refractivity contribution in [1.29, 1.82) is 5.26 Å². The molecule has 0 aliphatic carbocycles. The van der Waals surface area contributed by atoms with Crippen molar-refractivity contribution in [2.75, 3.05) is 17.7 Å². The van der Waals surface area contributed by atoms with Crippen LogP contribution in [-0.4, -0.2) is 12.5 Å². The number of nitrogens with two attached hydrogens (primary N) is 1. The number of halogens is 1. The van der Waals surface area contributed by atoms with Crippen molar-refractivity contribution < 1.29 is 9.53 Å². The number of nitrogens with zero attached hydrogens (tertiary/aromatic N) is 1. The molecule has 0 aliphatic heterocycles. The Morgan fingerprint density at radius 2 is 2.14 bits per heavy atom. The van der Waals surface area contributed by atoms with E-state index in [9.17, 15) is 4.79 Å². The normalized spacial score (nSPS) is 9.71. The van der Waals surface area contributed by atoms with Crippen molar-refractivity contribution in [2.45, 2.75) is 0 Å². The van der Waals surface area contributed by atoms with Gasteiger partial charge in [-0.1, -0.05) is 22.0 Å². The smallest absolute Gasteiger partial charge is 0.262 e. The average Bonchev–Trinajstić information content (AvgIpc) is 2.46. The van der Waals surface area contributed by atoms with E-state index in [0.717, 1.165) is 4.47 Å². The first-order chi connectivity index (χ1) is 10.1. The van der Waals surface area contributed by atoms with Crippen molar-refractivity contribution in [3.63, 3.8) is 0 Å². The van der Waals surface area contributed by atoms with Gasteiger partial charge >= 0.3 is 0 Å². The van der Waals surface area contributed by atoms with Gasteiger partial charge in [0, 0.05) is 10.2 Å². The number of nitrogen functional groups attached to an aromatic ring is 1. The maximum Gasteiger partial charge on any atom is 0.262 e. The van der Waals surface area contributed by atoms with Gasteiger partial charge in [0.1, 0.15) is 5.75 Å². The van der Waals surface area contributed by atoms with E-state index < -0.39 is 0 Å². The maximum absolute atomic E-state index is 11.8. The first-order valence-electron chi connectivity index (χ1n) is 6.06. The van der Waals surface area contributed by atoms with E-state index in [0.29, 0.717) is 22.7 Å². The zero-order valence-corrected chi connectivity index (χ0v) is 12.6. The van der Waals surface area contributed by atoms with E-state index in [1.807, 2.05) is 18.2 Å². The van der Waals surface area contributed by atoms with E-state index in [4.69, 9.17) is 15.7 Å². The van der Waals surface area contributed by atoms with Crippen molar-refractivity contribution in [3.05, 3.63) is 52.5 Å². The zero-order chi connectivity index (χ0) is 15.2. The molecule has 1 amide bonds. The number of rotatable bonds is 4. The fourth-order valence-corrected chi connectivity index (χ4v) is 2.06. The molecule has 0 aromatic heterocycles. The fourth-order valence-electron chi connectivity index (χ4n) is 1.66. The molecule has 2 rings (SSSR count). The Bertz CT molecular complexity index is 710. The molecule has 0 saturated carbocycles. The second-order valence-electron chi connectivity index (χ2n) is 4.21. The molecule has 21 heavy (non-hydrogen) atoms. The lowest BCUT2D eigenvalue weighted by Gasteiger charge is -2.09. The number of nitrogens with one attached hydrogen (secondary N) is 1. The van der Waals surface area contributed by atoms with Crippen LogP contribution in [0.5, 0.6) is 5.75 Å². The van der Waals surface area contributed by atoms with E-state index >= 15 is 0 Å². The third-order valence-corrected chi connectivity index (χ3v) is 3.10. The van der Waals surface area contributed by atoms with E-state index in [1.165, 1.54) is 6.07 Å². The first-order valence-corrected chi connectivity index (χ1v) is 6.85. The Morgan fingerprint density at radius 3 is 2.81 bits per heavy atom. The Morgan fingerprint density at radius 1 is 1.33 bits per heavy atom. The summed E-state index contributed by atoms with van der Waals surface area (Å²) in [4.78, 5) is 11.8. The quantitative estimate of drug-likeness (QED) is 0.833. The largest absolute Gasteiger partial charge is 0.482 e. The summed E-state index contributed by atoms with van der Waals surface area (Å²) in [5, 5.41) is 11.5. The predicted octanol–water partition coefficient (Wildman–Crippen LogP) is 2.92. The minimum atomic E-state index is -0.295. The molecule has 0 aliphatic rings. The van der Waals surface area contributed by atoms with Gasteiger partial charge in [0.05, 0.1) is 17.3 Å². The molecule has 0 heterocycles. The van der Waals surface area contributed by atoms with Crippen LogP contribution in [0.3, 0.4) is 0 Å². The van der Waals surface area contributed by atoms with Gasteiger partial charge in [-0.2, -0.15) is 5.26 Å². The second-order valence-corrected chi connectivity index (χ2v) is 5.13. The van der Waals surface area contributed by atoms with Gasteiger partial charge in [-0.15, -0.1) is 0 Å². The third-order valence-electron chi connectivity index (χ3n) is 2.61. The molecule has 0 unspecified atom stereocenters. The second kappa shape index (κ2) is 6.77. The molecule has 0 atom stereocenters. The summed E-state index contributed by atoms with van der Waals surface area (Å²) in [5.74, 6) is 0.0789. The van der Waals surface area contributed by atoms with Crippen LogP contribution in [0.2, 0.25) is 0 Å². The summed E-state index contributed by atoms with van der Waals surface area (Å²) in [7, 11) is 0. The van der Waals surface area contributed by atoms with Gasteiger partial charge in [-0.25, -0.2) is 0 Å². The summed E-state index contributed by atoms with van der Waals surface area (Å²) in [6, 6.07) is 13.9. The molecule has 6 heteroatoms. The number of ether oxygens (including phenoxy) is 1. The van der Waals surface area contributed by atoms with E-state index in [2.05, 4.69) is 21.2 Å². The number of benzene rings is 2. The number of anilines is 2. The van der Waals surface area contributed by atoms with Crippen LogP contribution in [0.4, 0.5) is 11.4 Å². The van der Waals surface area contributed by atoms with Gasteiger partial charge in [0.2, 0.25) is 0 Å². The Balaban J connectivity index is 1.94. The predicted molar refractivity (Wildman–Crippen MR) is 83.8 cm³/mol. The number of nitriles is 1. The lowest BCUT2D eigenvalue weighted by Crippen LogP contribution is -2.20. The number of hydrogen-bond acceptors (Lipinski definition) is 4. The lowest BCUT2D eigenvalue weighted by atomic mass is 10.2. The minimum absolute atomic E-state index is 0.164. The highest BCUT2D eigenvalue weighted by Crippen LogP contribution is 2.22. The van der Waals surface area contributed by atoms with Crippen molar-refractivity contribution in [3.8, 4) is 11.8 Å². The molecule has 0 spiro atoms. The molecule has 3 N–H and O–H groups in total. The standard InChI is InChI=1S/C15H12BrN3O2/c16-11-2-1-3-12(7-11)19-15(20)9-21-14-5-4-10(8-17)6-13(14)18/h1-7H,9,18H2,(H,19,20). The van der Waals surface area contributed by atoms with Crippen molar-refractivity contribution in [1.82, 2.24) is 0 Å². The van der Waals surface area contributed by atoms with Crippen LogP contribution in [-0.2, 0) is 4.79 Å². The molecule has 0 radical (unpaired) electrons. The highest BCUT2D eigenvalue weighted by atomic mass is 79.9. The van der Waals surface area contributed by atoms with Crippen LogP contribution in [0.1, 0.15) is 5.56 Å². The van der Waals surface area contributed by atoms with Crippen LogP contribution in [0.25, 0.3) is 0 Å². The number of carbonyl (C=O) groups is 1. The third kappa shape index (κ3) is 4.23. The van der Waals surface area contributed by atoms with Crippen molar-refractivity contribution >= 4 is 33.2 Å². The van der Waals surface area contributed by atoms with Crippen LogP contribution in [0.15, 0.2) is 46.9 Å². The summed E-state index contributed by atoms with van der Waals surface area (Å²) in [5.41, 5.74) is 7.18. The van der Waals surface area contributed by atoms with E-state index in [1.54, 1.807) is 24.3 Å². The molecule has 106 valence electrons. The van der Waals surface area contributed by atoms with Crippen molar-refractivity contribution in [2.24, 2.45) is 0 Å². The summed E-state index contributed by atoms with van der Waals surface area (Å²) in [6.07, 6.45) is 0. The SMILES string of the molecule is N#Cc1ccc(OCC(=O)Nc2cccc(Br)c2)c(N)c1.